The normalized spacial score (nSPS) is 10.8. The van der Waals surface area contributed by atoms with Crippen molar-refractivity contribution < 1.29 is 14.6 Å². The van der Waals surface area contributed by atoms with Crippen molar-refractivity contribution in [2.75, 3.05) is 0 Å². The lowest BCUT2D eigenvalue weighted by Crippen LogP contribution is -2.07. The van der Waals surface area contributed by atoms with Gasteiger partial charge in [0.15, 0.2) is 0 Å². The summed E-state index contributed by atoms with van der Waals surface area (Å²) in [6.07, 6.45) is 0. The summed E-state index contributed by atoms with van der Waals surface area (Å²) in [6, 6.07) is 33.9. The Morgan fingerprint density at radius 3 is 2.13 bits per heavy atom. The van der Waals surface area contributed by atoms with Crippen LogP contribution >= 0.6 is 0 Å². The predicted octanol–water partition coefficient (Wildman–Crippen LogP) is 6.22. The maximum atomic E-state index is 12.4. The van der Waals surface area contributed by atoms with Crippen molar-refractivity contribution in [3.05, 3.63) is 115 Å². The largest absolute Gasteiger partial charge is 0.508 e. The molecule has 0 unspecified atom stereocenters. The monoisotopic (exact) mass is 405 g/mol. The second-order valence-corrected chi connectivity index (χ2v) is 7.22. The van der Waals surface area contributed by atoms with E-state index >= 15 is 0 Å². The van der Waals surface area contributed by atoms with Gasteiger partial charge < -0.3 is 14.4 Å². The van der Waals surface area contributed by atoms with E-state index in [0.29, 0.717) is 11.3 Å². The van der Waals surface area contributed by atoms with Crippen LogP contribution in [-0.2, 0) is 0 Å². The Morgan fingerprint density at radius 1 is 0.742 bits per heavy atom. The standard InChI is InChI=1S/C27H19NO3/c29-23-13-11-22(12-14-23)28-25-16-15-24(31-27(30)20-9-5-2-6-10-20)17-21(25)18-26(28)19-7-3-1-4-8-19/h1-18,29H. The third-order valence-electron chi connectivity index (χ3n) is 5.17. The van der Waals surface area contributed by atoms with Gasteiger partial charge in [0.25, 0.3) is 0 Å². The average Bonchev–Trinajstić information content (AvgIpc) is 3.19. The molecular formula is C27H19NO3. The van der Waals surface area contributed by atoms with Crippen LogP contribution in [0.25, 0.3) is 27.8 Å². The number of aromatic hydroxyl groups is 1. The average molecular weight is 405 g/mol. The molecule has 4 aromatic carbocycles. The van der Waals surface area contributed by atoms with Gasteiger partial charge in [-0.3, -0.25) is 0 Å². The maximum absolute atomic E-state index is 12.4. The Balaban J connectivity index is 1.61. The molecule has 4 heteroatoms. The first-order valence-corrected chi connectivity index (χ1v) is 9.96. The summed E-state index contributed by atoms with van der Waals surface area (Å²) in [6.45, 7) is 0. The van der Waals surface area contributed by atoms with Gasteiger partial charge in [0.05, 0.1) is 16.8 Å². The van der Waals surface area contributed by atoms with Crippen LogP contribution in [0.15, 0.2) is 109 Å². The number of hydrogen-bond donors (Lipinski definition) is 1. The van der Waals surface area contributed by atoms with Gasteiger partial charge in [-0.2, -0.15) is 0 Å². The number of hydrogen-bond acceptors (Lipinski definition) is 3. The number of rotatable bonds is 4. The molecule has 0 bridgehead atoms. The third kappa shape index (κ3) is 3.67. The zero-order valence-electron chi connectivity index (χ0n) is 16.6. The molecule has 0 aliphatic heterocycles. The molecule has 0 radical (unpaired) electrons. The van der Waals surface area contributed by atoms with Crippen molar-refractivity contribution in [1.82, 2.24) is 4.57 Å². The van der Waals surface area contributed by atoms with Crippen LogP contribution in [-0.4, -0.2) is 15.6 Å². The highest BCUT2D eigenvalue weighted by Crippen LogP contribution is 2.34. The summed E-state index contributed by atoms with van der Waals surface area (Å²) in [4.78, 5) is 12.4. The molecule has 4 nitrogen and oxygen atoms in total. The fourth-order valence-corrected chi connectivity index (χ4v) is 3.70. The van der Waals surface area contributed by atoms with E-state index in [4.69, 9.17) is 4.74 Å². The van der Waals surface area contributed by atoms with Crippen LogP contribution in [0.2, 0.25) is 0 Å². The number of fused-ring (bicyclic) bond motifs is 1. The lowest BCUT2D eigenvalue weighted by molar-refractivity contribution is 0.0735. The molecule has 0 amide bonds. The number of carbonyl (C=O) groups excluding carboxylic acids is 1. The fourth-order valence-electron chi connectivity index (χ4n) is 3.70. The van der Waals surface area contributed by atoms with Crippen LogP contribution in [0.3, 0.4) is 0 Å². The van der Waals surface area contributed by atoms with Gasteiger partial charge >= 0.3 is 5.97 Å². The zero-order chi connectivity index (χ0) is 21.2. The summed E-state index contributed by atoms with van der Waals surface area (Å²) in [5, 5.41) is 10.7. The van der Waals surface area contributed by atoms with Gasteiger partial charge in [0.2, 0.25) is 0 Å². The molecule has 5 rings (SSSR count). The van der Waals surface area contributed by atoms with Gasteiger partial charge in [0, 0.05) is 11.1 Å². The number of aromatic nitrogens is 1. The highest BCUT2D eigenvalue weighted by atomic mass is 16.5. The molecule has 0 aliphatic carbocycles. The number of esters is 1. The van der Waals surface area contributed by atoms with Crippen molar-refractivity contribution in [3.8, 4) is 28.4 Å². The highest BCUT2D eigenvalue weighted by molar-refractivity contribution is 5.93. The molecule has 5 aromatic rings. The smallest absolute Gasteiger partial charge is 0.343 e. The number of phenols is 1. The second-order valence-electron chi connectivity index (χ2n) is 7.22. The van der Waals surface area contributed by atoms with Crippen LogP contribution in [0.5, 0.6) is 11.5 Å². The minimum absolute atomic E-state index is 0.219. The Hall–Kier alpha value is -4.31. The summed E-state index contributed by atoms with van der Waals surface area (Å²) < 4.78 is 7.74. The van der Waals surface area contributed by atoms with Gasteiger partial charge in [0.1, 0.15) is 11.5 Å². The van der Waals surface area contributed by atoms with Crippen molar-refractivity contribution in [2.45, 2.75) is 0 Å². The van der Waals surface area contributed by atoms with E-state index in [-0.39, 0.29) is 11.7 Å². The van der Waals surface area contributed by atoms with Crippen molar-refractivity contribution in [3.63, 3.8) is 0 Å². The molecule has 0 aliphatic rings. The molecule has 0 spiro atoms. The van der Waals surface area contributed by atoms with Gasteiger partial charge in [-0.25, -0.2) is 4.79 Å². The minimum atomic E-state index is -0.388. The molecular weight excluding hydrogens is 386 g/mol. The Bertz CT molecular complexity index is 1350. The quantitative estimate of drug-likeness (QED) is 0.285. The van der Waals surface area contributed by atoms with E-state index < -0.39 is 0 Å². The fraction of sp³-hybridized carbons (Fsp3) is 0. The molecule has 1 N–H and O–H groups in total. The Kier molecular flexibility index (Phi) is 4.73. The van der Waals surface area contributed by atoms with E-state index in [1.807, 2.05) is 60.7 Å². The Labute approximate surface area is 179 Å². The maximum Gasteiger partial charge on any atom is 0.343 e. The highest BCUT2D eigenvalue weighted by Gasteiger charge is 2.15. The van der Waals surface area contributed by atoms with Crippen molar-refractivity contribution >= 4 is 16.9 Å². The molecule has 1 heterocycles. The van der Waals surface area contributed by atoms with E-state index in [2.05, 4.69) is 22.8 Å². The molecule has 150 valence electrons. The van der Waals surface area contributed by atoms with E-state index in [1.165, 1.54) is 0 Å². The van der Waals surface area contributed by atoms with Crippen molar-refractivity contribution in [2.24, 2.45) is 0 Å². The van der Waals surface area contributed by atoms with Gasteiger partial charge in [-0.1, -0.05) is 48.5 Å². The zero-order valence-corrected chi connectivity index (χ0v) is 16.6. The number of carbonyl (C=O) groups is 1. The van der Waals surface area contributed by atoms with Crippen LogP contribution < -0.4 is 4.74 Å². The summed E-state index contributed by atoms with van der Waals surface area (Å²) in [5.41, 5.74) is 4.49. The van der Waals surface area contributed by atoms with E-state index in [9.17, 15) is 9.90 Å². The molecule has 1 aromatic heterocycles. The first-order valence-electron chi connectivity index (χ1n) is 9.96. The number of benzene rings is 4. The van der Waals surface area contributed by atoms with E-state index in [1.54, 1.807) is 30.3 Å². The number of ether oxygens (including phenoxy) is 1. The lowest BCUT2D eigenvalue weighted by atomic mass is 10.1. The van der Waals surface area contributed by atoms with Gasteiger partial charge in [-0.05, 0) is 66.2 Å². The van der Waals surface area contributed by atoms with Crippen LogP contribution in [0.4, 0.5) is 0 Å². The second kappa shape index (κ2) is 7.84. The number of nitrogens with zero attached hydrogens (tertiary/aromatic N) is 1. The molecule has 31 heavy (non-hydrogen) atoms. The third-order valence-corrected chi connectivity index (χ3v) is 5.17. The Morgan fingerprint density at radius 2 is 1.42 bits per heavy atom. The SMILES string of the molecule is O=C(Oc1ccc2c(c1)cc(-c1ccccc1)n2-c1ccc(O)cc1)c1ccccc1. The van der Waals surface area contributed by atoms with E-state index in [0.717, 1.165) is 27.8 Å². The summed E-state index contributed by atoms with van der Waals surface area (Å²) in [5.74, 6) is 0.321. The topological polar surface area (TPSA) is 51.5 Å². The van der Waals surface area contributed by atoms with Gasteiger partial charge in [-0.15, -0.1) is 0 Å². The van der Waals surface area contributed by atoms with Crippen LogP contribution in [0, 0.1) is 0 Å². The predicted molar refractivity (Wildman–Crippen MR) is 122 cm³/mol. The first-order chi connectivity index (χ1) is 15.2. The molecule has 0 atom stereocenters. The minimum Gasteiger partial charge on any atom is -0.508 e. The molecule has 0 saturated heterocycles. The number of phenolic OH excluding ortho intramolecular Hbond substituents is 1. The first kappa shape index (κ1) is 18.7. The van der Waals surface area contributed by atoms with Crippen molar-refractivity contribution in [1.29, 1.82) is 0 Å². The molecule has 0 saturated carbocycles. The summed E-state index contributed by atoms with van der Waals surface area (Å²) in [7, 11) is 0. The van der Waals surface area contributed by atoms with Crippen LogP contribution in [0.1, 0.15) is 10.4 Å². The lowest BCUT2D eigenvalue weighted by Gasteiger charge is -2.12. The molecule has 0 fully saturated rings. The summed E-state index contributed by atoms with van der Waals surface area (Å²) >= 11 is 0.